The topological polar surface area (TPSA) is 58.8 Å². The lowest BCUT2D eigenvalue weighted by molar-refractivity contribution is 0.00562. The Bertz CT molecular complexity index is 289. The summed E-state index contributed by atoms with van der Waals surface area (Å²) in [7, 11) is 7.45. The summed E-state index contributed by atoms with van der Waals surface area (Å²) in [6.07, 6.45) is 3.75. The Labute approximate surface area is 144 Å². The van der Waals surface area contributed by atoms with Gasteiger partial charge in [0, 0.05) is 18.5 Å². The number of likely N-dealkylation sites (tertiary alicyclic amines) is 1. The first-order valence-electron chi connectivity index (χ1n) is 8.81. The van der Waals surface area contributed by atoms with Crippen molar-refractivity contribution in [1.29, 1.82) is 0 Å². The van der Waals surface area contributed by atoms with Crippen LogP contribution in [0.1, 0.15) is 53.9 Å². The average molecular weight is 332 g/mol. The van der Waals surface area contributed by atoms with E-state index in [0.717, 1.165) is 19.0 Å². The van der Waals surface area contributed by atoms with Crippen molar-refractivity contribution in [2.75, 3.05) is 41.3 Å². The van der Waals surface area contributed by atoms with E-state index in [1.807, 2.05) is 53.7 Å². The first-order chi connectivity index (χ1) is 10.6. The molecule has 0 aromatic rings. The molecule has 1 unspecified atom stereocenters. The molecule has 0 aromatic carbocycles. The van der Waals surface area contributed by atoms with Gasteiger partial charge in [-0.3, -0.25) is 0 Å². The van der Waals surface area contributed by atoms with Crippen LogP contribution < -0.4 is 5.73 Å². The Balaban J connectivity index is 0. The Kier molecular flexibility index (Phi) is 13.4. The molecule has 1 aliphatic heterocycles. The van der Waals surface area contributed by atoms with Gasteiger partial charge >= 0.3 is 6.09 Å². The van der Waals surface area contributed by atoms with Crippen LogP contribution in [0, 0.1) is 11.3 Å². The first-order valence-corrected chi connectivity index (χ1v) is 8.81. The molecular formula is C18H41N3O2. The van der Waals surface area contributed by atoms with E-state index >= 15 is 0 Å². The standard InChI is InChI=1S/C10H17NO2.2C3H9N.C2H6/c1-8-3-4-10(5-8)6-11(7-10)9(12)13-2;1-4(2)3;1-3(2)4;1-2/h8H,3-7H2,1-2H3;1-3H3;3H,4H2,1-2H3;1-2H3. The van der Waals surface area contributed by atoms with E-state index in [-0.39, 0.29) is 6.09 Å². The zero-order valence-corrected chi connectivity index (χ0v) is 17.0. The molecule has 1 amide bonds. The first kappa shape index (κ1) is 24.4. The van der Waals surface area contributed by atoms with Crippen molar-refractivity contribution in [2.45, 2.75) is 59.9 Å². The fourth-order valence-corrected chi connectivity index (χ4v) is 2.80. The highest BCUT2D eigenvalue weighted by atomic mass is 16.5. The van der Waals surface area contributed by atoms with Crippen molar-refractivity contribution < 1.29 is 9.53 Å². The van der Waals surface area contributed by atoms with Crippen molar-refractivity contribution in [3.8, 4) is 0 Å². The summed E-state index contributed by atoms with van der Waals surface area (Å²) >= 11 is 0. The highest BCUT2D eigenvalue weighted by Gasteiger charge is 2.48. The smallest absolute Gasteiger partial charge is 0.409 e. The van der Waals surface area contributed by atoms with E-state index in [1.54, 1.807) is 4.90 Å². The summed E-state index contributed by atoms with van der Waals surface area (Å²) < 4.78 is 4.67. The van der Waals surface area contributed by atoms with Crippen LogP contribution >= 0.6 is 0 Å². The van der Waals surface area contributed by atoms with Crippen molar-refractivity contribution in [3.63, 3.8) is 0 Å². The van der Waals surface area contributed by atoms with Crippen molar-refractivity contribution in [2.24, 2.45) is 17.1 Å². The molecule has 1 aliphatic carbocycles. The minimum Gasteiger partial charge on any atom is -0.453 e. The lowest BCUT2D eigenvalue weighted by Gasteiger charge is -2.47. The van der Waals surface area contributed by atoms with Gasteiger partial charge in [0.2, 0.25) is 0 Å². The lowest BCUT2D eigenvalue weighted by Crippen LogP contribution is -2.57. The SMILES string of the molecule is CC.CC(C)N.CN(C)C.COC(=O)N1CC2(CCC(C)C2)C1. The van der Waals surface area contributed by atoms with Gasteiger partial charge in [-0.2, -0.15) is 0 Å². The zero-order chi connectivity index (χ0) is 18.6. The predicted molar refractivity (Wildman–Crippen MR) is 99.7 cm³/mol. The molecule has 1 atom stereocenters. The maximum atomic E-state index is 11.1. The average Bonchev–Trinajstić information content (AvgIpc) is 2.80. The Hall–Kier alpha value is -0.810. The Morgan fingerprint density at radius 3 is 1.91 bits per heavy atom. The van der Waals surface area contributed by atoms with Gasteiger partial charge in [-0.05, 0) is 45.9 Å². The summed E-state index contributed by atoms with van der Waals surface area (Å²) in [5.74, 6) is 0.847. The summed E-state index contributed by atoms with van der Waals surface area (Å²) in [6.45, 7) is 12.0. The van der Waals surface area contributed by atoms with Gasteiger partial charge in [0.05, 0.1) is 7.11 Å². The third-order valence-corrected chi connectivity index (χ3v) is 3.43. The Morgan fingerprint density at radius 1 is 1.26 bits per heavy atom. The molecule has 140 valence electrons. The van der Waals surface area contributed by atoms with Crippen molar-refractivity contribution in [3.05, 3.63) is 0 Å². The fourth-order valence-electron chi connectivity index (χ4n) is 2.80. The number of ether oxygens (including phenoxy) is 1. The number of carbonyl (C=O) groups excluding carboxylic acids is 1. The predicted octanol–water partition coefficient (Wildman–Crippen LogP) is 3.43. The van der Waals surface area contributed by atoms with Crippen LogP contribution in [0.15, 0.2) is 0 Å². The number of nitrogens with two attached hydrogens (primary N) is 1. The highest BCUT2D eigenvalue weighted by molar-refractivity contribution is 5.68. The van der Waals surface area contributed by atoms with Crippen LogP contribution in [0.5, 0.6) is 0 Å². The molecule has 1 saturated heterocycles. The summed E-state index contributed by atoms with van der Waals surface area (Å²) in [5, 5.41) is 0. The van der Waals surface area contributed by atoms with E-state index in [2.05, 4.69) is 11.7 Å². The van der Waals surface area contributed by atoms with Gasteiger partial charge in [-0.1, -0.05) is 41.0 Å². The van der Waals surface area contributed by atoms with Gasteiger partial charge in [-0.15, -0.1) is 0 Å². The summed E-state index contributed by atoms with van der Waals surface area (Å²) in [4.78, 5) is 14.9. The molecule has 1 spiro atoms. The number of hydrogen-bond donors (Lipinski definition) is 1. The molecule has 0 bridgehead atoms. The van der Waals surface area contributed by atoms with E-state index < -0.39 is 0 Å². The van der Waals surface area contributed by atoms with E-state index in [4.69, 9.17) is 5.73 Å². The molecule has 1 heterocycles. The number of rotatable bonds is 0. The molecule has 2 rings (SSSR count). The highest BCUT2D eigenvalue weighted by Crippen LogP contribution is 2.47. The second-order valence-corrected chi connectivity index (χ2v) is 7.26. The maximum absolute atomic E-state index is 11.1. The minimum atomic E-state index is -0.162. The van der Waals surface area contributed by atoms with Crippen LogP contribution in [-0.4, -0.2) is 63.3 Å². The van der Waals surface area contributed by atoms with Crippen molar-refractivity contribution >= 4 is 6.09 Å². The molecule has 2 aliphatic rings. The summed E-state index contributed by atoms with van der Waals surface area (Å²) in [5.41, 5.74) is 5.58. The summed E-state index contributed by atoms with van der Waals surface area (Å²) in [6, 6.07) is 0.333. The third kappa shape index (κ3) is 11.4. The maximum Gasteiger partial charge on any atom is 0.409 e. The number of nitrogens with zero attached hydrogens (tertiary/aromatic N) is 2. The molecule has 1 saturated carbocycles. The molecule has 2 N–H and O–H groups in total. The van der Waals surface area contributed by atoms with Crippen LogP contribution in [0.3, 0.4) is 0 Å². The van der Waals surface area contributed by atoms with E-state index in [1.165, 1.54) is 26.4 Å². The number of carbonyl (C=O) groups is 1. The van der Waals surface area contributed by atoms with Gasteiger partial charge in [0.25, 0.3) is 0 Å². The molecule has 0 radical (unpaired) electrons. The Morgan fingerprint density at radius 2 is 1.65 bits per heavy atom. The largest absolute Gasteiger partial charge is 0.453 e. The van der Waals surface area contributed by atoms with E-state index in [9.17, 15) is 4.79 Å². The quantitative estimate of drug-likeness (QED) is 0.739. The van der Waals surface area contributed by atoms with Crippen LogP contribution in [0.25, 0.3) is 0 Å². The van der Waals surface area contributed by atoms with Crippen LogP contribution in [-0.2, 0) is 4.74 Å². The molecule has 23 heavy (non-hydrogen) atoms. The molecule has 5 heteroatoms. The number of methoxy groups -OCH3 is 1. The third-order valence-electron chi connectivity index (χ3n) is 3.43. The molecular weight excluding hydrogens is 290 g/mol. The molecule has 2 fully saturated rings. The van der Waals surface area contributed by atoms with Crippen molar-refractivity contribution in [1.82, 2.24) is 9.80 Å². The number of hydrogen-bond acceptors (Lipinski definition) is 4. The second kappa shape index (κ2) is 12.6. The fraction of sp³-hybridized carbons (Fsp3) is 0.944. The second-order valence-electron chi connectivity index (χ2n) is 7.26. The van der Waals surface area contributed by atoms with Crippen LogP contribution in [0.2, 0.25) is 0 Å². The monoisotopic (exact) mass is 331 g/mol. The molecule has 5 nitrogen and oxygen atoms in total. The minimum absolute atomic E-state index is 0.162. The molecule has 0 aromatic heterocycles. The van der Waals surface area contributed by atoms with E-state index in [0.29, 0.717) is 11.5 Å². The normalized spacial score (nSPS) is 20.5. The van der Waals surface area contributed by atoms with Gasteiger partial charge in [-0.25, -0.2) is 4.79 Å². The van der Waals surface area contributed by atoms with Gasteiger partial charge < -0.3 is 20.3 Å². The lowest BCUT2D eigenvalue weighted by atomic mass is 9.78. The van der Waals surface area contributed by atoms with Crippen LogP contribution in [0.4, 0.5) is 4.79 Å². The van der Waals surface area contributed by atoms with Gasteiger partial charge in [0.1, 0.15) is 0 Å². The number of amides is 1. The zero-order valence-electron chi connectivity index (χ0n) is 17.0. The van der Waals surface area contributed by atoms with Gasteiger partial charge in [0.15, 0.2) is 0 Å².